The highest BCUT2D eigenvalue weighted by molar-refractivity contribution is 8.00. The highest BCUT2D eigenvalue weighted by atomic mass is 32.2. The fourth-order valence-electron chi connectivity index (χ4n) is 1.18. The van der Waals surface area contributed by atoms with E-state index >= 15 is 0 Å². The summed E-state index contributed by atoms with van der Waals surface area (Å²) in [4.78, 5) is 0. The van der Waals surface area contributed by atoms with Crippen molar-refractivity contribution in [3.8, 4) is 0 Å². The lowest BCUT2D eigenvalue weighted by molar-refractivity contribution is 0.435. The van der Waals surface area contributed by atoms with Gasteiger partial charge in [-0.05, 0) is 31.6 Å². The standard InChI is InChI=1S/C14H24OS/c1-6-13(10-9-12(2)15)8-7-11-16-14(3,4)5/h6,9-10,15H,2,7-8,11H2,1,3-5H3/b10-9-,13-6-. The van der Waals surface area contributed by atoms with Crippen molar-refractivity contribution in [3.63, 3.8) is 0 Å². The molecule has 2 heteroatoms. The summed E-state index contributed by atoms with van der Waals surface area (Å²) in [6.45, 7) is 12.2. The Kier molecular flexibility index (Phi) is 7.31. The molecule has 0 aliphatic heterocycles. The highest BCUT2D eigenvalue weighted by Gasteiger charge is 2.09. The molecular formula is C14H24OS. The minimum atomic E-state index is 0.114. The first-order valence-corrected chi connectivity index (χ1v) is 6.69. The molecule has 0 aromatic rings. The van der Waals surface area contributed by atoms with Gasteiger partial charge < -0.3 is 5.11 Å². The molecule has 0 aromatic carbocycles. The van der Waals surface area contributed by atoms with Gasteiger partial charge >= 0.3 is 0 Å². The van der Waals surface area contributed by atoms with E-state index in [2.05, 4.69) is 33.4 Å². The van der Waals surface area contributed by atoms with Crippen molar-refractivity contribution >= 4 is 11.8 Å². The first kappa shape index (κ1) is 15.4. The summed E-state index contributed by atoms with van der Waals surface area (Å²) < 4.78 is 0.352. The van der Waals surface area contributed by atoms with Gasteiger partial charge in [0.05, 0.1) is 0 Å². The third-order valence-electron chi connectivity index (χ3n) is 2.01. The van der Waals surface area contributed by atoms with Gasteiger partial charge in [-0.3, -0.25) is 0 Å². The van der Waals surface area contributed by atoms with Crippen molar-refractivity contribution in [3.05, 3.63) is 36.1 Å². The van der Waals surface area contributed by atoms with Gasteiger partial charge in [0, 0.05) is 4.75 Å². The zero-order chi connectivity index (χ0) is 12.6. The number of aliphatic hydroxyl groups excluding tert-OH is 1. The van der Waals surface area contributed by atoms with E-state index in [1.54, 1.807) is 6.08 Å². The molecule has 1 nitrogen and oxygen atoms in total. The second kappa shape index (κ2) is 7.61. The van der Waals surface area contributed by atoms with Gasteiger partial charge in [-0.25, -0.2) is 0 Å². The van der Waals surface area contributed by atoms with Crippen molar-refractivity contribution in [1.29, 1.82) is 0 Å². The Morgan fingerprint density at radius 3 is 2.38 bits per heavy atom. The largest absolute Gasteiger partial charge is 0.509 e. The minimum absolute atomic E-state index is 0.114. The summed E-state index contributed by atoms with van der Waals surface area (Å²) in [7, 11) is 0. The van der Waals surface area contributed by atoms with E-state index in [4.69, 9.17) is 5.11 Å². The fraction of sp³-hybridized carbons (Fsp3) is 0.571. The maximum Gasteiger partial charge on any atom is 0.108 e. The Balaban J connectivity index is 3.86. The topological polar surface area (TPSA) is 20.2 Å². The highest BCUT2D eigenvalue weighted by Crippen LogP contribution is 2.24. The number of rotatable bonds is 6. The van der Waals surface area contributed by atoms with Crippen LogP contribution in [0.1, 0.15) is 40.5 Å². The van der Waals surface area contributed by atoms with E-state index in [-0.39, 0.29) is 5.76 Å². The summed E-state index contributed by atoms with van der Waals surface area (Å²) in [6, 6.07) is 0. The summed E-state index contributed by atoms with van der Waals surface area (Å²) in [5, 5.41) is 8.96. The molecule has 0 radical (unpaired) electrons. The molecule has 16 heavy (non-hydrogen) atoms. The van der Waals surface area contributed by atoms with Crippen LogP contribution in [0.15, 0.2) is 36.1 Å². The zero-order valence-electron chi connectivity index (χ0n) is 10.9. The molecule has 92 valence electrons. The summed E-state index contributed by atoms with van der Waals surface area (Å²) in [5.74, 6) is 1.29. The van der Waals surface area contributed by atoms with Gasteiger partial charge in [-0.1, -0.05) is 45.1 Å². The van der Waals surface area contributed by atoms with Crippen LogP contribution in [-0.4, -0.2) is 15.6 Å². The van der Waals surface area contributed by atoms with Gasteiger partial charge in [-0.15, -0.1) is 0 Å². The van der Waals surface area contributed by atoms with Crippen molar-refractivity contribution in [2.45, 2.75) is 45.3 Å². The number of aliphatic hydroxyl groups is 1. The molecule has 0 atom stereocenters. The lowest BCUT2D eigenvalue weighted by atomic mass is 10.1. The Bertz CT molecular complexity index is 269. The average Bonchev–Trinajstić information content (AvgIpc) is 2.15. The SMILES string of the molecule is C=C(O)/C=C\C(=C/C)CCCSC(C)(C)C. The maximum atomic E-state index is 8.96. The van der Waals surface area contributed by atoms with Crippen molar-refractivity contribution < 1.29 is 5.11 Å². The summed E-state index contributed by atoms with van der Waals surface area (Å²) >= 11 is 1.99. The second-order valence-corrected chi connectivity index (χ2v) is 6.67. The van der Waals surface area contributed by atoms with E-state index in [1.165, 1.54) is 17.7 Å². The molecule has 0 aromatic heterocycles. The normalized spacial score (nSPS) is 13.4. The van der Waals surface area contributed by atoms with Gasteiger partial charge in [0.15, 0.2) is 0 Å². The van der Waals surface area contributed by atoms with E-state index in [9.17, 15) is 0 Å². The summed E-state index contributed by atoms with van der Waals surface area (Å²) in [6.07, 6.45) is 7.89. The number of hydrogen-bond donors (Lipinski definition) is 1. The minimum Gasteiger partial charge on any atom is -0.509 e. The van der Waals surface area contributed by atoms with E-state index in [0.29, 0.717) is 4.75 Å². The smallest absolute Gasteiger partial charge is 0.108 e. The molecule has 0 saturated carbocycles. The quantitative estimate of drug-likeness (QED) is 0.406. The van der Waals surface area contributed by atoms with Crippen LogP contribution in [-0.2, 0) is 0 Å². The molecule has 0 spiro atoms. The van der Waals surface area contributed by atoms with Crippen LogP contribution >= 0.6 is 11.8 Å². The lowest BCUT2D eigenvalue weighted by Gasteiger charge is -2.17. The monoisotopic (exact) mass is 240 g/mol. The Morgan fingerprint density at radius 1 is 1.31 bits per heavy atom. The summed E-state index contributed by atoms with van der Waals surface area (Å²) in [5.41, 5.74) is 1.25. The molecule has 0 amide bonds. The predicted octanol–water partition coefficient (Wildman–Crippen LogP) is 4.87. The third kappa shape index (κ3) is 9.91. The predicted molar refractivity (Wildman–Crippen MR) is 76.1 cm³/mol. The fourth-order valence-corrected chi connectivity index (χ4v) is 2.08. The maximum absolute atomic E-state index is 8.96. The van der Waals surface area contributed by atoms with Gasteiger partial charge in [0.25, 0.3) is 0 Å². The third-order valence-corrected chi connectivity index (χ3v) is 3.36. The molecular weight excluding hydrogens is 216 g/mol. The van der Waals surface area contributed by atoms with Crippen LogP contribution in [0.25, 0.3) is 0 Å². The van der Waals surface area contributed by atoms with Gasteiger partial charge in [-0.2, -0.15) is 11.8 Å². The molecule has 1 N–H and O–H groups in total. The van der Waals surface area contributed by atoms with Gasteiger partial charge in [0.1, 0.15) is 5.76 Å². The van der Waals surface area contributed by atoms with Crippen molar-refractivity contribution in [2.24, 2.45) is 0 Å². The van der Waals surface area contributed by atoms with Crippen LogP contribution in [0.2, 0.25) is 0 Å². The Morgan fingerprint density at radius 2 is 1.94 bits per heavy atom. The number of hydrogen-bond acceptors (Lipinski definition) is 2. The molecule has 0 bridgehead atoms. The average molecular weight is 240 g/mol. The molecule has 0 aliphatic carbocycles. The lowest BCUT2D eigenvalue weighted by Crippen LogP contribution is -2.08. The Labute approximate surface area is 104 Å². The number of allylic oxidation sites excluding steroid dienone is 4. The van der Waals surface area contributed by atoms with Crippen LogP contribution in [0.3, 0.4) is 0 Å². The Hall–Kier alpha value is -0.630. The first-order chi connectivity index (χ1) is 7.35. The zero-order valence-corrected chi connectivity index (χ0v) is 11.7. The molecule has 0 rings (SSSR count). The van der Waals surface area contributed by atoms with Crippen molar-refractivity contribution in [2.75, 3.05) is 5.75 Å². The van der Waals surface area contributed by atoms with E-state index in [1.807, 2.05) is 24.8 Å². The van der Waals surface area contributed by atoms with Crippen molar-refractivity contribution in [1.82, 2.24) is 0 Å². The molecule has 0 fully saturated rings. The number of thioether (sulfide) groups is 1. The van der Waals surface area contributed by atoms with Crippen LogP contribution in [0.5, 0.6) is 0 Å². The molecule has 0 unspecified atom stereocenters. The van der Waals surface area contributed by atoms with E-state index in [0.717, 1.165) is 6.42 Å². The van der Waals surface area contributed by atoms with Crippen LogP contribution in [0, 0.1) is 0 Å². The van der Waals surface area contributed by atoms with E-state index < -0.39 is 0 Å². The van der Waals surface area contributed by atoms with Gasteiger partial charge in [0.2, 0.25) is 0 Å². The first-order valence-electron chi connectivity index (χ1n) is 5.70. The molecule has 0 heterocycles. The van der Waals surface area contributed by atoms with Crippen LogP contribution in [0.4, 0.5) is 0 Å². The van der Waals surface area contributed by atoms with Crippen LogP contribution < -0.4 is 0 Å². The molecule has 0 saturated heterocycles. The molecule has 0 aliphatic rings. The second-order valence-electron chi connectivity index (χ2n) is 4.75.